The molecule has 2 unspecified atom stereocenters. The number of nitrogens with one attached hydrogen (secondary N) is 4. The molecule has 2 bridgehead atoms. The first-order valence-corrected chi connectivity index (χ1v) is 9.92. The van der Waals surface area contributed by atoms with E-state index in [0.717, 1.165) is 38.2 Å². The lowest BCUT2D eigenvalue weighted by molar-refractivity contribution is -0.151. The van der Waals surface area contributed by atoms with Crippen molar-refractivity contribution in [2.75, 3.05) is 6.61 Å². The minimum Gasteiger partial charge on any atom is -0.484 e. The Morgan fingerprint density at radius 3 is 2.61 bits per heavy atom. The predicted molar refractivity (Wildman–Crippen MR) is 101 cm³/mol. The molecule has 3 aliphatic carbocycles. The molecule has 9 heteroatoms. The molecule has 4 fully saturated rings. The summed E-state index contributed by atoms with van der Waals surface area (Å²) in [5.41, 5.74) is 5.71. The third kappa shape index (κ3) is 3.68. The van der Waals surface area contributed by atoms with Crippen LogP contribution in [0.1, 0.15) is 39.0 Å². The van der Waals surface area contributed by atoms with Crippen LogP contribution in [-0.4, -0.2) is 41.6 Å². The van der Waals surface area contributed by atoms with E-state index in [0.29, 0.717) is 6.04 Å². The zero-order valence-corrected chi connectivity index (χ0v) is 16.4. The van der Waals surface area contributed by atoms with E-state index in [-0.39, 0.29) is 46.3 Å². The van der Waals surface area contributed by atoms with Gasteiger partial charge in [0.15, 0.2) is 6.61 Å². The van der Waals surface area contributed by atoms with Gasteiger partial charge in [-0.2, -0.15) is 0 Å². The van der Waals surface area contributed by atoms with Crippen molar-refractivity contribution in [3.63, 3.8) is 0 Å². The molecular formula is C19H24ClFN4O3. The van der Waals surface area contributed by atoms with E-state index in [1.165, 1.54) is 12.1 Å². The zero-order chi connectivity index (χ0) is 19.9. The van der Waals surface area contributed by atoms with Crippen molar-refractivity contribution < 1.29 is 18.7 Å². The first-order chi connectivity index (χ1) is 13.3. The summed E-state index contributed by atoms with van der Waals surface area (Å²) in [6, 6.07) is 4.16. The number of ether oxygens (including phenoxy) is 1. The lowest BCUT2D eigenvalue weighted by Crippen LogP contribution is -2.84. The highest BCUT2D eigenvalue weighted by molar-refractivity contribution is 6.30. The van der Waals surface area contributed by atoms with E-state index >= 15 is 0 Å². The summed E-state index contributed by atoms with van der Waals surface area (Å²) in [4.78, 5) is 24.6. The number of hydrogen-bond acceptors (Lipinski definition) is 5. The Labute approximate surface area is 167 Å². The molecular weight excluding hydrogens is 387 g/mol. The van der Waals surface area contributed by atoms with Crippen molar-refractivity contribution in [2.24, 2.45) is 0 Å². The molecule has 2 atom stereocenters. The van der Waals surface area contributed by atoms with Gasteiger partial charge in [-0.25, -0.2) is 9.82 Å². The van der Waals surface area contributed by atoms with E-state index in [4.69, 9.17) is 16.3 Å². The third-order valence-corrected chi connectivity index (χ3v) is 6.18. The van der Waals surface area contributed by atoms with Gasteiger partial charge in [-0.15, -0.1) is 0 Å². The average molecular weight is 411 g/mol. The Kier molecular flexibility index (Phi) is 4.97. The normalized spacial score (nSPS) is 32.8. The van der Waals surface area contributed by atoms with Crippen LogP contribution in [0.25, 0.3) is 0 Å². The largest absolute Gasteiger partial charge is 0.484 e. The van der Waals surface area contributed by atoms with E-state index in [1.807, 2.05) is 0 Å². The third-order valence-electron chi connectivity index (χ3n) is 5.88. The van der Waals surface area contributed by atoms with Gasteiger partial charge in [0, 0.05) is 23.2 Å². The number of hydrogen-bond donors (Lipinski definition) is 4. The topological polar surface area (TPSA) is 91.5 Å². The van der Waals surface area contributed by atoms with Crippen molar-refractivity contribution in [1.82, 2.24) is 21.5 Å². The van der Waals surface area contributed by atoms with E-state index < -0.39 is 5.82 Å². The maximum absolute atomic E-state index is 13.4. The van der Waals surface area contributed by atoms with Crippen LogP contribution < -0.4 is 26.2 Å². The first-order valence-electron chi connectivity index (χ1n) is 9.54. The molecule has 4 N–H and O–H groups in total. The Hall–Kier alpha value is -1.90. The number of amides is 2. The highest BCUT2D eigenvalue weighted by Gasteiger charge is 2.69. The van der Waals surface area contributed by atoms with Gasteiger partial charge in [0.1, 0.15) is 17.6 Å². The summed E-state index contributed by atoms with van der Waals surface area (Å²) in [6.45, 7) is 1.89. The molecule has 1 saturated heterocycles. The maximum Gasteiger partial charge on any atom is 0.258 e. The van der Waals surface area contributed by atoms with Crippen LogP contribution in [0.15, 0.2) is 18.2 Å². The number of carbonyl (C=O) groups excluding carboxylic acids is 2. The first kappa shape index (κ1) is 19.4. The molecule has 1 aromatic rings. The van der Waals surface area contributed by atoms with Gasteiger partial charge in [0.2, 0.25) is 5.91 Å². The predicted octanol–water partition coefficient (Wildman–Crippen LogP) is 1.41. The van der Waals surface area contributed by atoms with Crippen LogP contribution in [-0.2, 0) is 9.59 Å². The van der Waals surface area contributed by atoms with E-state index in [2.05, 4.69) is 28.4 Å². The molecule has 7 nitrogen and oxygen atoms in total. The molecule has 1 heterocycles. The number of benzene rings is 1. The van der Waals surface area contributed by atoms with Crippen LogP contribution in [0, 0.1) is 5.82 Å². The Morgan fingerprint density at radius 2 is 1.96 bits per heavy atom. The molecule has 0 radical (unpaired) electrons. The zero-order valence-electron chi connectivity index (χ0n) is 15.6. The standard InChI is InChI=1S/C19H24ClFN4O3/c1-2-11-5-15(25-24-11)17(27)23-19-8-18(9-19,10-19)22-16(26)7-28-12-3-4-13(20)14(21)6-12/h3-4,6,11,15,24-25H,2,5,7-10H2,1H3,(H,22,26)(H,23,27). The second kappa shape index (κ2) is 7.17. The van der Waals surface area contributed by atoms with Crippen molar-refractivity contribution >= 4 is 23.4 Å². The lowest BCUT2D eigenvalue weighted by atomic mass is 9.44. The van der Waals surface area contributed by atoms with Crippen molar-refractivity contribution in [1.29, 1.82) is 0 Å². The summed E-state index contributed by atoms with van der Waals surface area (Å²) >= 11 is 5.62. The molecule has 1 aromatic carbocycles. The Balaban J connectivity index is 1.19. The van der Waals surface area contributed by atoms with Gasteiger partial charge in [-0.05, 0) is 44.2 Å². The number of carbonyl (C=O) groups is 2. The second-order valence-corrected chi connectivity index (χ2v) is 8.58. The molecule has 28 heavy (non-hydrogen) atoms. The summed E-state index contributed by atoms with van der Waals surface area (Å²) < 4.78 is 18.7. The molecule has 0 spiro atoms. The van der Waals surface area contributed by atoms with Gasteiger partial charge in [-0.1, -0.05) is 18.5 Å². The average Bonchev–Trinajstić information content (AvgIpc) is 3.09. The summed E-state index contributed by atoms with van der Waals surface area (Å²) in [5.74, 6) is -0.589. The smallest absolute Gasteiger partial charge is 0.258 e. The molecule has 0 aromatic heterocycles. The van der Waals surface area contributed by atoms with Gasteiger partial charge < -0.3 is 15.4 Å². The second-order valence-electron chi connectivity index (χ2n) is 8.18. The van der Waals surface area contributed by atoms with Crippen molar-refractivity contribution in [3.8, 4) is 5.75 Å². The van der Waals surface area contributed by atoms with E-state index in [9.17, 15) is 14.0 Å². The van der Waals surface area contributed by atoms with Gasteiger partial charge in [0.25, 0.3) is 5.91 Å². The summed E-state index contributed by atoms with van der Waals surface area (Å²) in [7, 11) is 0. The lowest BCUT2D eigenvalue weighted by Gasteiger charge is -2.70. The van der Waals surface area contributed by atoms with Gasteiger partial charge in [-0.3, -0.25) is 15.0 Å². The fourth-order valence-corrected chi connectivity index (χ4v) is 4.63. The molecule has 152 valence electrons. The minimum absolute atomic E-state index is 0.00631. The number of halogens is 2. The quantitative estimate of drug-likeness (QED) is 0.545. The van der Waals surface area contributed by atoms with Crippen LogP contribution in [0.4, 0.5) is 4.39 Å². The van der Waals surface area contributed by atoms with Crippen molar-refractivity contribution in [3.05, 3.63) is 29.0 Å². The molecule has 2 amide bonds. The van der Waals surface area contributed by atoms with Crippen molar-refractivity contribution in [2.45, 2.75) is 62.2 Å². The Morgan fingerprint density at radius 1 is 1.25 bits per heavy atom. The summed E-state index contributed by atoms with van der Waals surface area (Å²) in [6.07, 6.45) is 3.93. The number of hydrazine groups is 1. The molecule has 4 aliphatic rings. The minimum atomic E-state index is -0.589. The van der Waals surface area contributed by atoms with Gasteiger partial charge in [0.05, 0.1) is 5.02 Å². The van der Waals surface area contributed by atoms with E-state index in [1.54, 1.807) is 0 Å². The fraction of sp³-hybridized carbons (Fsp3) is 0.579. The molecule has 5 rings (SSSR count). The highest BCUT2D eigenvalue weighted by Crippen LogP contribution is 2.60. The Bertz CT molecular complexity index is 786. The van der Waals surface area contributed by atoms with Gasteiger partial charge >= 0.3 is 0 Å². The van der Waals surface area contributed by atoms with Crippen LogP contribution in [0.3, 0.4) is 0 Å². The fourth-order valence-electron chi connectivity index (χ4n) is 4.51. The van der Waals surface area contributed by atoms with Crippen LogP contribution >= 0.6 is 11.6 Å². The van der Waals surface area contributed by atoms with Crippen LogP contribution in [0.5, 0.6) is 5.75 Å². The number of rotatable bonds is 7. The monoisotopic (exact) mass is 410 g/mol. The highest BCUT2D eigenvalue weighted by atomic mass is 35.5. The van der Waals surface area contributed by atoms with Crippen LogP contribution in [0.2, 0.25) is 5.02 Å². The molecule has 1 aliphatic heterocycles. The molecule has 3 saturated carbocycles. The summed E-state index contributed by atoms with van der Waals surface area (Å²) in [5, 5.41) is 6.12. The SMILES string of the molecule is CCC1CC(C(=O)NC23CC(NC(=O)COc4ccc(Cl)c(F)c4)(C2)C3)NN1. The maximum atomic E-state index is 13.4.